The molecule has 0 bridgehead atoms. The molecule has 20 heavy (non-hydrogen) atoms. The molecule has 1 aliphatic rings. The van der Waals surface area contributed by atoms with Crippen LogP contribution in [0.25, 0.3) is 0 Å². The first kappa shape index (κ1) is 14.6. The van der Waals surface area contributed by atoms with Crippen LogP contribution in [0, 0.1) is 17.0 Å². The standard InChI is InChI=1S/C14H22N4O2/c1-3-10-17-14(13(18(19)20)11(2)16-17)15-9-8-12-6-4-5-7-12/h6,15H,3-5,7-10H2,1-2H3. The molecule has 2 rings (SSSR count). The number of nitro groups is 1. The summed E-state index contributed by atoms with van der Waals surface area (Å²) < 4.78 is 1.72. The molecule has 0 aromatic carbocycles. The van der Waals surface area contributed by atoms with E-state index < -0.39 is 0 Å². The molecule has 6 heteroatoms. The van der Waals surface area contributed by atoms with Crippen molar-refractivity contribution in [2.75, 3.05) is 11.9 Å². The summed E-state index contributed by atoms with van der Waals surface area (Å²) in [5, 5.41) is 18.7. The zero-order valence-corrected chi connectivity index (χ0v) is 12.2. The van der Waals surface area contributed by atoms with E-state index in [1.807, 2.05) is 6.92 Å². The molecule has 0 spiro atoms. The van der Waals surface area contributed by atoms with Crippen LogP contribution in [-0.2, 0) is 6.54 Å². The first-order chi connectivity index (χ1) is 9.63. The number of rotatable bonds is 7. The number of aryl methyl sites for hydroxylation is 2. The molecule has 0 atom stereocenters. The maximum Gasteiger partial charge on any atom is 0.333 e. The number of hydrogen-bond acceptors (Lipinski definition) is 4. The summed E-state index contributed by atoms with van der Waals surface area (Å²) in [6.45, 7) is 5.15. The van der Waals surface area contributed by atoms with Crippen LogP contribution in [0.5, 0.6) is 0 Å². The topological polar surface area (TPSA) is 73.0 Å². The van der Waals surface area contributed by atoms with Crippen LogP contribution in [0.1, 0.15) is 44.7 Å². The molecular weight excluding hydrogens is 256 g/mol. The van der Waals surface area contributed by atoms with Crippen molar-refractivity contribution in [2.45, 2.75) is 52.5 Å². The first-order valence-electron chi connectivity index (χ1n) is 7.27. The highest BCUT2D eigenvalue weighted by molar-refractivity contribution is 5.59. The Bertz CT molecular complexity index is 519. The van der Waals surface area contributed by atoms with E-state index in [1.54, 1.807) is 11.6 Å². The molecule has 0 saturated carbocycles. The van der Waals surface area contributed by atoms with Gasteiger partial charge in [0.1, 0.15) is 5.69 Å². The minimum atomic E-state index is -0.342. The van der Waals surface area contributed by atoms with E-state index in [1.165, 1.54) is 18.4 Å². The van der Waals surface area contributed by atoms with E-state index in [2.05, 4.69) is 16.5 Å². The van der Waals surface area contributed by atoms with Crippen molar-refractivity contribution in [3.05, 3.63) is 27.5 Å². The molecule has 1 aromatic rings. The van der Waals surface area contributed by atoms with E-state index in [0.717, 1.165) is 25.8 Å². The van der Waals surface area contributed by atoms with Crippen molar-refractivity contribution >= 4 is 11.5 Å². The second-order valence-electron chi connectivity index (χ2n) is 5.19. The fourth-order valence-corrected chi connectivity index (χ4v) is 2.65. The molecule has 0 fully saturated rings. The normalized spacial score (nSPS) is 14.4. The van der Waals surface area contributed by atoms with E-state index in [0.29, 0.717) is 18.1 Å². The highest BCUT2D eigenvalue weighted by atomic mass is 16.6. The van der Waals surface area contributed by atoms with E-state index in [4.69, 9.17) is 0 Å². The number of anilines is 1. The fraction of sp³-hybridized carbons (Fsp3) is 0.643. The molecule has 0 amide bonds. The summed E-state index contributed by atoms with van der Waals surface area (Å²) in [5.41, 5.74) is 2.04. The molecule has 0 aliphatic heterocycles. The molecule has 0 saturated heterocycles. The van der Waals surface area contributed by atoms with Gasteiger partial charge in [-0.3, -0.25) is 10.1 Å². The zero-order valence-electron chi connectivity index (χ0n) is 12.2. The average molecular weight is 278 g/mol. The van der Waals surface area contributed by atoms with Crippen LogP contribution in [0.2, 0.25) is 0 Å². The van der Waals surface area contributed by atoms with Crippen molar-refractivity contribution in [3.8, 4) is 0 Å². The van der Waals surface area contributed by atoms with Gasteiger partial charge in [0.05, 0.1) is 4.92 Å². The Balaban J connectivity index is 2.08. The molecule has 110 valence electrons. The second kappa shape index (κ2) is 6.54. The van der Waals surface area contributed by atoms with Gasteiger partial charge in [-0.1, -0.05) is 18.6 Å². The SMILES string of the molecule is CCCn1nc(C)c([N+](=O)[O-])c1NCCC1=CCCC1. The minimum absolute atomic E-state index is 0.110. The Kier molecular flexibility index (Phi) is 4.76. The molecule has 1 N–H and O–H groups in total. The van der Waals surface area contributed by atoms with Gasteiger partial charge in [0, 0.05) is 13.1 Å². The van der Waals surface area contributed by atoms with Crippen molar-refractivity contribution in [1.29, 1.82) is 0 Å². The number of hydrogen-bond donors (Lipinski definition) is 1. The first-order valence-corrected chi connectivity index (χ1v) is 7.27. The van der Waals surface area contributed by atoms with Crippen LogP contribution in [0.15, 0.2) is 11.6 Å². The highest BCUT2D eigenvalue weighted by Gasteiger charge is 2.24. The third-order valence-corrected chi connectivity index (χ3v) is 3.59. The molecule has 1 aromatic heterocycles. The van der Waals surface area contributed by atoms with E-state index in [9.17, 15) is 10.1 Å². The lowest BCUT2D eigenvalue weighted by Gasteiger charge is -2.09. The van der Waals surface area contributed by atoms with Crippen molar-refractivity contribution in [2.24, 2.45) is 0 Å². The molecular formula is C14H22N4O2. The Morgan fingerprint density at radius 3 is 2.95 bits per heavy atom. The van der Waals surface area contributed by atoms with Gasteiger partial charge in [0.15, 0.2) is 0 Å². The Hall–Kier alpha value is -1.85. The highest BCUT2D eigenvalue weighted by Crippen LogP contribution is 2.29. The van der Waals surface area contributed by atoms with Gasteiger partial charge in [-0.15, -0.1) is 0 Å². The third kappa shape index (κ3) is 3.18. The summed E-state index contributed by atoms with van der Waals surface area (Å²) >= 11 is 0. The maximum absolute atomic E-state index is 11.2. The molecule has 1 aliphatic carbocycles. The van der Waals surface area contributed by atoms with Crippen molar-refractivity contribution in [3.63, 3.8) is 0 Å². The molecule has 0 radical (unpaired) electrons. The van der Waals surface area contributed by atoms with Crippen molar-refractivity contribution < 1.29 is 4.92 Å². The third-order valence-electron chi connectivity index (χ3n) is 3.59. The minimum Gasteiger partial charge on any atom is -0.364 e. The summed E-state index contributed by atoms with van der Waals surface area (Å²) in [4.78, 5) is 10.8. The summed E-state index contributed by atoms with van der Waals surface area (Å²) in [5.74, 6) is 0.549. The monoisotopic (exact) mass is 278 g/mol. The lowest BCUT2D eigenvalue weighted by atomic mass is 10.2. The van der Waals surface area contributed by atoms with Gasteiger partial charge in [0.2, 0.25) is 5.82 Å². The van der Waals surface area contributed by atoms with Gasteiger partial charge >= 0.3 is 5.69 Å². The largest absolute Gasteiger partial charge is 0.364 e. The van der Waals surface area contributed by atoms with Crippen LogP contribution in [-0.4, -0.2) is 21.2 Å². The van der Waals surface area contributed by atoms with Crippen LogP contribution < -0.4 is 5.32 Å². The zero-order chi connectivity index (χ0) is 14.5. The quantitative estimate of drug-likeness (QED) is 0.471. The lowest BCUT2D eigenvalue weighted by molar-refractivity contribution is -0.384. The second-order valence-corrected chi connectivity index (χ2v) is 5.19. The van der Waals surface area contributed by atoms with Gasteiger partial charge in [0.25, 0.3) is 0 Å². The van der Waals surface area contributed by atoms with E-state index >= 15 is 0 Å². The van der Waals surface area contributed by atoms with Crippen LogP contribution in [0.3, 0.4) is 0 Å². The molecule has 1 heterocycles. The smallest absolute Gasteiger partial charge is 0.333 e. The summed E-state index contributed by atoms with van der Waals surface area (Å²) in [7, 11) is 0. The Morgan fingerprint density at radius 1 is 1.55 bits per heavy atom. The Labute approximate surface area is 119 Å². The van der Waals surface area contributed by atoms with Gasteiger partial charge in [-0.05, 0) is 39.0 Å². The van der Waals surface area contributed by atoms with Crippen LogP contribution in [0.4, 0.5) is 11.5 Å². The number of nitrogens with zero attached hydrogens (tertiary/aromatic N) is 3. The number of allylic oxidation sites excluding steroid dienone is 1. The van der Waals surface area contributed by atoms with Crippen molar-refractivity contribution in [1.82, 2.24) is 9.78 Å². The number of aromatic nitrogens is 2. The number of nitrogens with one attached hydrogen (secondary N) is 1. The molecule has 0 unspecified atom stereocenters. The Morgan fingerprint density at radius 2 is 2.35 bits per heavy atom. The summed E-state index contributed by atoms with van der Waals surface area (Å²) in [6.07, 6.45) is 7.71. The predicted octanol–water partition coefficient (Wildman–Crippen LogP) is 3.42. The maximum atomic E-state index is 11.2. The van der Waals surface area contributed by atoms with Crippen LogP contribution >= 0.6 is 0 Å². The van der Waals surface area contributed by atoms with Gasteiger partial charge in [-0.2, -0.15) is 5.10 Å². The average Bonchev–Trinajstić information content (AvgIpc) is 2.99. The van der Waals surface area contributed by atoms with Gasteiger partial charge in [-0.25, -0.2) is 4.68 Å². The molecule has 6 nitrogen and oxygen atoms in total. The lowest BCUT2D eigenvalue weighted by Crippen LogP contribution is -2.10. The van der Waals surface area contributed by atoms with E-state index in [-0.39, 0.29) is 10.6 Å². The summed E-state index contributed by atoms with van der Waals surface area (Å²) in [6, 6.07) is 0. The van der Waals surface area contributed by atoms with Gasteiger partial charge < -0.3 is 5.32 Å². The predicted molar refractivity (Wildman–Crippen MR) is 79.0 cm³/mol. The fourth-order valence-electron chi connectivity index (χ4n) is 2.65.